The van der Waals surface area contributed by atoms with Gasteiger partial charge < -0.3 is 15.4 Å². The van der Waals surface area contributed by atoms with Gasteiger partial charge in [0.2, 0.25) is 0 Å². The Morgan fingerprint density at radius 1 is 1.31 bits per heavy atom. The summed E-state index contributed by atoms with van der Waals surface area (Å²) in [6, 6.07) is 0. The van der Waals surface area contributed by atoms with Crippen LogP contribution < -0.4 is 10.6 Å². The van der Waals surface area contributed by atoms with Crippen molar-refractivity contribution in [2.75, 3.05) is 26.2 Å². The number of nitrogens with zero attached hydrogens (tertiary/aromatic N) is 2. The summed E-state index contributed by atoms with van der Waals surface area (Å²) in [6.45, 7) is 3.33. The van der Waals surface area contributed by atoms with Crippen molar-refractivity contribution in [3.05, 3.63) is 30.0 Å². The molecule has 1 aromatic rings. The lowest BCUT2D eigenvalue weighted by Gasteiger charge is -2.26. The smallest absolute Gasteiger partial charge is 0.114 e. The lowest BCUT2D eigenvalue weighted by molar-refractivity contribution is 0.0246. The maximum atomic E-state index is 5.71. The lowest BCUT2D eigenvalue weighted by Crippen LogP contribution is -2.35. The molecule has 1 fully saturated rings. The van der Waals surface area contributed by atoms with Gasteiger partial charge in [-0.2, -0.15) is 0 Å². The van der Waals surface area contributed by atoms with Crippen molar-refractivity contribution in [2.45, 2.75) is 6.10 Å². The van der Waals surface area contributed by atoms with Crippen LogP contribution >= 0.6 is 0 Å². The zero-order chi connectivity index (χ0) is 10.8. The fraction of sp³-hybridized carbons (Fsp3) is 0.455. The maximum Gasteiger partial charge on any atom is 0.114 e. The summed E-state index contributed by atoms with van der Waals surface area (Å²) in [4.78, 5) is 8.81. The van der Waals surface area contributed by atoms with Crippen LogP contribution in [0.5, 0.6) is 0 Å². The van der Waals surface area contributed by atoms with Crippen molar-refractivity contribution >= 4 is 5.57 Å². The van der Waals surface area contributed by atoms with Crippen LogP contribution in [0, 0.1) is 0 Å². The van der Waals surface area contributed by atoms with Crippen molar-refractivity contribution in [1.29, 1.82) is 0 Å². The van der Waals surface area contributed by atoms with Crippen LogP contribution in [-0.2, 0) is 4.74 Å². The Morgan fingerprint density at radius 3 is 2.88 bits per heavy atom. The Kier molecular flexibility index (Phi) is 2.55. The molecule has 16 heavy (non-hydrogen) atoms. The summed E-state index contributed by atoms with van der Waals surface area (Å²) in [7, 11) is 0. The lowest BCUT2D eigenvalue weighted by atomic mass is 10.0. The Bertz CT molecular complexity index is 412. The highest BCUT2D eigenvalue weighted by Gasteiger charge is 2.23. The SMILES string of the molecule is C1=C(c2nccnc2C2CNCCO2)CN1. The third-order valence-electron chi connectivity index (χ3n) is 2.83. The van der Waals surface area contributed by atoms with E-state index in [1.165, 1.54) is 5.57 Å². The van der Waals surface area contributed by atoms with Gasteiger partial charge in [-0.1, -0.05) is 0 Å². The molecule has 2 aliphatic heterocycles. The molecule has 0 bridgehead atoms. The third-order valence-corrected chi connectivity index (χ3v) is 2.83. The predicted molar refractivity (Wildman–Crippen MR) is 59.6 cm³/mol. The number of hydrogen-bond acceptors (Lipinski definition) is 5. The molecule has 3 heterocycles. The highest BCUT2D eigenvalue weighted by Crippen LogP contribution is 2.25. The molecule has 2 aliphatic rings. The standard InChI is InChI=1S/C11H14N4O/c1-2-15-11(9-7-12-3-4-16-9)10(14-1)8-5-13-6-8/h1-2,5,9,12-13H,3-4,6-7H2. The highest BCUT2D eigenvalue weighted by atomic mass is 16.5. The van der Waals surface area contributed by atoms with E-state index in [9.17, 15) is 0 Å². The summed E-state index contributed by atoms with van der Waals surface area (Å²) < 4.78 is 5.71. The second kappa shape index (κ2) is 4.19. The van der Waals surface area contributed by atoms with E-state index in [0.29, 0.717) is 0 Å². The number of aromatic nitrogens is 2. The first kappa shape index (κ1) is 9.74. The third kappa shape index (κ3) is 1.68. The van der Waals surface area contributed by atoms with Crippen molar-refractivity contribution in [2.24, 2.45) is 0 Å². The molecule has 0 radical (unpaired) electrons. The number of rotatable bonds is 2. The Balaban J connectivity index is 1.92. The van der Waals surface area contributed by atoms with Crippen LogP contribution in [0.4, 0.5) is 0 Å². The highest BCUT2D eigenvalue weighted by molar-refractivity contribution is 5.69. The van der Waals surface area contributed by atoms with Crippen LogP contribution in [0.15, 0.2) is 18.6 Å². The van der Waals surface area contributed by atoms with Crippen molar-refractivity contribution < 1.29 is 4.74 Å². The van der Waals surface area contributed by atoms with Crippen LogP contribution in [-0.4, -0.2) is 36.2 Å². The first-order chi connectivity index (χ1) is 7.95. The van der Waals surface area contributed by atoms with E-state index in [1.54, 1.807) is 12.4 Å². The largest absolute Gasteiger partial charge is 0.386 e. The molecule has 0 aromatic carbocycles. The van der Waals surface area contributed by atoms with E-state index in [1.807, 2.05) is 6.20 Å². The van der Waals surface area contributed by atoms with E-state index in [2.05, 4.69) is 20.6 Å². The van der Waals surface area contributed by atoms with Gasteiger partial charge in [0, 0.05) is 43.8 Å². The number of ether oxygens (including phenoxy) is 1. The fourth-order valence-corrected chi connectivity index (χ4v) is 1.93. The van der Waals surface area contributed by atoms with E-state index in [0.717, 1.165) is 37.6 Å². The molecule has 84 valence electrons. The normalized spacial score (nSPS) is 24.2. The van der Waals surface area contributed by atoms with E-state index in [4.69, 9.17) is 4.74 Å². The monoisotopic (exact) mass is 218 g/mol. The number of nitrogens with one attached hydrogen (secondary N) is 2. The minimum Gasteiger partial charge on any atom is -0.386 e. The Hall–Kier alpha value is -1.46. The zero-order valence-corrected chi connectivity index (χ0v) is 8.94. The summed E-state index contributed by atoms with van der Waals surface area (Å²) in [5.41, 5.74) is 3.12. The molecule has 1 aromatic heterocycles. The molecule has 2 N–H and O–H groups in total. The molecule has 3 rings (SSSR count). The Labute approximate surface area is 93.9 Å². The van der Waals surface area contributed by atoms with Gasteiger partial charge in [-0.25, -0.2) is 0 Å². The number of hydrogen-bond donors (Lipinski definition) is 2. The van der Waals surface area contributed by atoms with Crippen molar-refractivity contribution in [3.63, 3.8) is 0 Å². The molecular weight excluding hydrogens is 204 g/mol. The van der Waals surface area contributed by atoms with Gasteiger partial charge >= 0.3 is 0 Å². The summed E-state index contributed by atoms with van der Waals surface area (Å²) in [5.74, 6) is 0. The van der Waals surface area contributed by atoms with Gasteiger partial charge in [0.1, 0.15) is 6.10 Å². The van der Waals surface area contributed by atoms with Gasteiger partial charge in [-0.15, -0.1) is 0 Å². The zero-order valence-electron chi connectivity index (χ0n) is 8.94. The second-order valence-electron chi connectivity index (χ2n) is 3.90. The first-order valence-electron chi connectivity index (χ1n) is 5.51. The summed E-state index contributed by atoms with van der Waals surface area (Å²) in [6.07, 6.45) is 5.46. The van der Waals surface area contributed by atoms with Gasteiger partial charge in [0.15, 0.2) is 0 Å². The van der Waals surface area contributed by atoms with Crippen LogP contribution in [0.1, 0.15) is 17.5 Å². The quantitative estimate of drug-likeness (QED) is 0.736. The molecule has 0 saturated carbocycles. The average molecular weight is 218 g/mol. The van der Waals surface area contributed by atoms with Gasteiger partial charge in [-0.05, 0) is 0 Å². The molecule has 5 nitrogen and oxygen atoms in total. The van der Waals surface area contributed by atoms with E-state index < -0.39 is 0 Å². The summed E-state index contributed by atoms with van der Waals surface area (Å²) in [5, 5.41) is 6.41. The minimum absolute atomic E-state index is 0.0268. The summed E-state index contributed by atoms with van der Waals surface area (Å²) >= 11 is 0. The Morgan fingerprint density at radius 2 is 2.19 bits per heavy atom. The molecule has 1 atom stereocenters. The maximum absolute atomic E-state index is 5.71. The second-order valence-corrected chi connectivity index (χ2v) is 3.90. The van der Waals surface area contributed by atoms with Gasteiger partial charge in [-0.3, -0.25) is 9.97 Å². The topological polar surface area (TPSA) is 59.1 Å². The fourth-order valence-electron chi connectivity index (χ4n) is 1.93. The molecule has 1 unspecified atom stereocenters. The van der Waals surface area contributed by atoms with Gasteiger partial charge in [0.25, 0.3) is 0 Å². The molecule has 1 saturated heterocycles. The van der Waals surface area contributed by atoms with Crippen LogP contribution in [0.3, 0.4) is 0 Å². The first-order valence-corrected chi connectivity index (χ1v) is 5.51. The average Bonchev–Trinajstić information content (AvgIpc) is 2.29. The molecule has 0 amide bonds. The van der Waals surface area contributed by atoms with E-state index >= 15 is 0 Å². The molecule has 5 heteroatoms. The van der Waals surface area contributed by atoms with Crippen LogP contribution in [0.2, 0.25) is 0 Å². The van der Waals surface area contributed by atoms with Crippen LogP contribution in [0.25, 0.3) is 5.57 Å². The molecule has 0 aliphatic carbocycles. The van der Waals surface area contributed by atoms with E-state index in [-0.39, 0.29) is 6.10 Å². The predicted octanol–water partition coefficient (Wildman–Crippen LogP) is 0.0816. The number of morpholine rings is 1. The van der Waals surface area contributed by atoms with Crippen molar-refractivity contribution in [3.8, 4) is 0 Å². The molecule has 0 spiro atoms. The molecular formula is C11H14N4O. The van der Waals surface area contributed by atoms with Gasteiger partial charge in [0.05, 0.1) is 18.0 Å². The minimum atomic E-state index is 0.0268. The van der Waals surface area contributed by atoms with Crippen molar-refractivity contribution in [1.82, 2.24) is 20.6 Å².